The van der Waals surface area contributed by atoms with Gasteiger partial charge in [0, 0.05) is 10.1 Å². The lowest BCUT2D eigenvalue weighted by atomic mass is 10.2. The SMILES string of the molecule is COc1ccc2c(Cl)c(C(=O)N/N=C\c3ccc4c(c3)OCCO4)sc2c1. The fraction of sp³-hybridized carbons (Fsp3) is 0.158. The van der Waals surface area contributed by atoms with E-state index in [9.17, 15) is 4.79 Å². The van der Waals surface area contributed by atoms with Crippen molar-refractivity contribution in [2.45, 2.75) is 0 Å². The fourth-order valence-corrected chi connectivity index (χ4v) is 4.11. The van der Waals surface area contributed by atoms with Crippen LogP contribution in [0.2, 0.25) is 5.02 Å². The van der Waals surface area contributed by atoms with Crippen molar-refractivity contribution in [3.05, 3.63) is 51.9 Å². The topological polar surface area (TPSA) is 69.2 Å². The molecule has 1 aromatic heterocycles. The summed E-state index contributed by atoms with van der Waals surface area (Å²) in [6, 6.07) is 10.9. The van der Waals surface area contributed by atoms with Crippen molar-refractivity contribution in [1.82, 2.24) is 5.43 Å². The molecule has 0 atom stereocenters. The molecule has 27 heavy (non-hydrogen) atoms. The molecule has 0 saturated carbocycles. The van der Waals surface area contributed by atoms with E-state index in [4.69, 9.17) is 25.8 Å². The molecule has 0 unspecified atom stereocenters. The second-order valence-electron chi connectivity index (χ2n) is 5.71. The number of carbonyl (C=O) groups excluding carboxylic acids is 1. The second kappa shape index (κ2) is 7.46. The Kier molecular flexibility index (Phi) is 4.87. The molecule has 0 radical (unpaired) electrons. The highest BCUT2D eigenvalue weighted by atomic mass is 35.5. The van der Waals surface area contributed by atoms with Gasteiger partial charge in [-0.15, -0.1) is 11.3 Å². The molecule has 0 bridgehead atoms. The number of halogens is 1. The molecule has 0 aliphatic carbocycles. The number of amides is 1. The first-order valence-corrected chi connectivity index (χ1v) is 9.34. The molecule has 0 spiro atoms. The van der Waals surface area contributed by atoms with Crippen molar-refractivity contribution in [3.63, 3.8) is 0 Å². The first-order chi connectivity index (χ1) is 13.2. The van der Waals surface area contributed by atoms with Crippen LogP contribution in [-0.2, 0) is 0 Å². The monoisotopic (exact) mass is 402 g/mol. The van der Waals surface area contributed by atoms with Crippen LogP contribution in [0.15, 0.2) is 41.5 Å². The van der Waals surface area contributed by atoms with Gasteiger partial charge in [-0.2, -0.15) is 5.10 Å². The maximum atomic E-state index is 12.4. The van der Waals surface area contributed by atoms with Crippen molar-refractivity contribution < 1.29 is 19.0 Å². The van der Waals surface area contributed by atoms with Crippen molar-refractivity contribution in [2.75, 3.05) is 20.3 Å². The van der Waals surface area contributed by atoms with Gasteiger partial charge in [0.05, 0.1) is 18.3 Å². The summed E-state index contributed by atoms with van der Waals surface area (Å²) in [4.78, 5) is 12.8. The number of nitrogens with zero attached hydrogens (tertiary/aromatic N) is 1. The Morgan fingerprint density at radius 2 is 2.04 bits per heavy atom. The average Bonchev–Trinajstić information content (AvgIpc) is 3.03. The summed E-state index contributed by atoms with van der Waals surface area (Å²) < 4.78 is 17.1. The van der Waals surface area contributed by atoms with E-state index in [1.165, 1.54) is 11.3 Å². The minimum absolute atomic E-state index is 0.367. The Bertz CT molecular complexity index is 1050. The number of rotatable bonds is 4. The maximum absolute atomic E-state index is 12.4. The molecule has 1 N–H and O–H groups in total. The van der Waals surface area contributed by atoms with E-state index in [2.05, 4.69) is 10.5 Å². The molecule has 6 nitrogen and oxygen atoms in total. The van der Waals surface area contributed by atoms with Gasteiger partial charge in [0.15, 0.2) is 11.5 Å². The molecular formula is C19H15ClN2O4S. The maximum Gasteiger partial charge on any atom is 0.283 e. The van der Waals surface area contributed by atoms with Crippen LogP contribution in [0.25, 0.3) is 10.1 Å². The van der Waals surface area contributed by atoms with Crippen molar-refractivity contribution >= 4 is 45.1 Å². The van der Waals surface area contributed by atoms with Gasteiger partial charge in [-0.1, -0.05) is 11.6 Å². The smallest absolute Gasteiger partial charge is 0.283 e. The van der Waals surface area contributed by atoms with Crippen LogP contribution in [0.1, 0.15) is 15.2 Å². The van der Waals surface area contributed by atoms with E-state index in [0.717, 1.165) is 15.6 Å². The van der Waals surface area contributed by atoms with Gasteiger partial charge in [-0.05, 0) is 42.0 Å². The summed E-state index contributed by atoms with van der Waals surface area (Å²) in [6.07, 6.45) is 1.54. The zero-order valence-corrected chi connectivity index (χ0v) is 15.9. The first kappa shape index (κ1) is 17.6. The average molecular weight is 403 g/mol. The molecule has 2 heterocycles. The molecule has 0 saturated heterocycles. The van der Waals surface area contributed by atoms with E-state index < -0.39 is 0 Å². The minimum Gasteiger partial charge on any atom is -0.497 e. The predicted molar refractivity (Wildman–Crippen MR) is 106 cm³/mol. The highest BCUT2D eigenvalue weighted by Gasteiger charge is 2.17. The number of carbonyl (C=O) groups is 1. The number of hydrogen-bond donors (Lipinski definition) is 1. The van der Waals surface area contributed by atoms with Crippen LogP contribution in [0.4, 0.5) is 0 Å². The molecular weight excluding hydrogens is 388 g/mol. The number of hydrazone groups is 1. The number of benzene rings is 2. The molecule has 3 aromatic rings. The quantitative estimate of drug-likeness (QED) is 0.527. The van der Waals surface area contributed by atoms with Crippen LogP contribution in [0.5, 0.6) is 17.2 Å². The summed E-state index contributed by atoms with van der Waals surface area (Å²) in [7, 11) is 1.59. The zero-order chi connectivity index (χ0) is 18.8. The molecule has 1 amide bonds. The standard InChI is InChI=1S/C19H15ClN2O4S/c1-24-12-3-4-13-16(9-12)27-18(17(13)20)19(23)22-21-10-11-2-5-14-15(8-11)26-7-6-25-14/h2-5,8-10H,6-7H2,1H3,(H,22,23)/b21-10-. The van der Waals surface area contributed by atoms with E-state index in [0.29, 0.717) is 40.4 Å². The van der Waals surface area contributed by atoms with Crippen LogP contribution in [-0.4, -0.2) is 32.4 Å². The van der Waals surface area contributed by atoms with Gasteiger partial charge < -0.3 is 14.2 Å². The van der Waals surface area contributed by atoms with E-state index in [-0.39, 0.29) is 5.91 Å². The van der Waals surface area contributed by atoms with Gasteiger partial charge in [0.1, 0.15) is 23.8 Å². The molecule has 4 rings (SSSR count). The number of thiophene rings is 1. The van der Waals surface area contributed by atoms with Crippen molar-refractivity contribution in [2.24, 2.45) is 5.10 Å². The van der Waals surface area contributed by atoms with Crippen molar-refractivity contribution in [3.8, 4) is 17.2 Å². The first-order valence-electron chi connectivity index (χ1n) is 8.15. The largest absolute Gasteiger partial charge is 0.497 e. The Balaban J connectivity index is 1.50. The highest BCUT2D eigenvalue weighted by molar-refractivity contribution is 7.21. The normalized spacial score (nSPS) is 13.1. The number of ether oxygens (including phenoxy) is 3. The fourth-order valence-electron chi connectivity index (χ4n) is 2.67. The summed E-state index contributed by atoms with van der Waals surface area (Å²) in [5.41, 5.74) is 3.30. The number of hydrogen-bond acceptors (Lipinski definition) is 6. The summed E-state index contributed by atoms with van der Waals surface area (Å²) in [6.45, 7) is 1.05. The summed E-state index contributed by atoms with van der Waals surface area (Å²) in [5.74, 6) is 1.71. The van der Waals surface area contributed by atoms with E-state index >= 15 is 0 Å². The Labute approximate surface area is 164 Å². The Morgan fingerprint density at radius 3 is 2.85 bits per heavy atom. The second-order valence-corrected chi connectivity index (χ2v) is 7.14. The van der Waals surface area contributed by atoms with Gasteiger partial charge in [0.2, 0.25) is 0 Å². The third kappa shape index (κ3) is 3.56. The lowest BCUT2D eigenvalue weighted by Crippen LogP contribution is -2.17. The molecule has 0 fully saturated rings. The lowest BCUT2D eigenvalue weighted by molar-refractivity contribution is 0.0959. The van der Waals surface area contributed by atoms with Gasteiger partial charge >= 0.3 is 0 Å². The highest BCUT2D eigenvalue weighted by Crippen LogP contribution is 2.37. The Morgan fingerprint density at radius 1 is 1.22 bits per heavy atom. The number of methoxy groups -OCH3 is 1. The summed E-state index contributed by atoms with van der Waals surface area (Å²) in [5, 5.41) is 5.23. The van der Waals surface area contributed by atoms with Gasteiger partial charge in [-0.25, -0.2) is 5.43 Å². The minimum atomic E-state index is -0.367. The molecule has 1 aliphatic rings. The number of fused-ring (bicyclic) bond motifs is 2. The molecule has 1 aliphatic heterocycles. The van der Waals surface area contributed by atoms with E-state index in [1.54, 1.807) is 13.3 Å². The van der Waals surface area contributed by atoms with Gasteiger partial charge in [0.25, 0.3) is 5.91 Å². The zero-order valence-electron chi connectivity index (χ0n) is 14.3. The van der Waals surface area contributed by atoms with Crippen LogP contribution >= 0.6 is 22.9 Å². The number of nitrogens with one attached hydrogen (secondary N) is 1. The lowest BCUT2D eigenvalue weighted by Gasteiger charge is -2.18. The van der Waals surface area contributed by atoms with E-state index in [1.807, 2.05) is 36.4 Å². The molecule has 2 aromatic carbocycles. The Hall–Kier alpha value is -2.77. The molecule has 138 valence electrons. The van der Waals surface area contributed by atoms with Crippen LogP contribution in [0, 0.1) is 0 Å². The summed E-state index contributed by atoms with van der Waals surface area (Å²) >= 11 is 7.64. The van der Waals surface area contributed by atoms with Crippen LogP contribution < -0.4 is 19.6 Å². The van der Waals surface area contributed by atoms with Gasteiger partial charge in [-0.3, -0.25) is 4.79 Å². The van der Waals surface area contributed by atoms with Crippen LogP contribution in [0.3, 0.4) is 0 Å². The molecule has 8 heteroatoms. The predicted octanol–water partition coefficient (Wildman–Crippen LogP) is 4.10. The third-order valence-corrected chi connectivity index (χ3v) is 5.64. The van der Waals surface area contributed by atoms with Crippen molar-refractivity contribution in [1.29, 1.82) is 0 Å². The third-order valence-electron chi connectivity index (χ3n) is 3.99.